The highest BCUT2D eigenvalue weighted by Gasteiger charge is 2.60. The van der Waals surface area contributed by atoms with Crippen LogP contribution in [0.3, 0.4) is 0 Å². The molecule has 0 radical (unpaired) electrons. The highest BCUT2D eigenvalue weighted by molar-refractivity contribution is 6.30. The summed E-state index contributed by atoms with van der Waals surface area (Å²) in [7, 11) is 2.06. The third-order valence-corrected chi connectivity index (χ3v) is 10.4. The van der Waals surface area contributed by atoms with Crippen molar-refractivity contribution in [2.24, 2.45) is 34.5 Å². The Bertz CT molecular complexity index is 790. The van der Waals surface area contributed by atoms with E-state index >= 15 is 0 Å². The Kier molecular flexibility index (Phi) is 4.81. The van der Waals surface area contributed by atoms with Crippen LogP contribution < -0.4 is 0 Å². The molecule has 1 aromatic rings. The summed E-state index contributed by atoms with van der Waals surface area (Å²) in [5.74, 6) is 3.72. The molecule has 5 rings (SSSR count). The van der Waals surface area contributed by atoms with Gasteiger partial charge >= 0.3 is 0 Å². The molecule has 0 spiro atoms. The predicted molar refractivity (Wildman–Crippen MR) is 119 cm³/mol. The molecule has 1 saturated heterocycles. The number of carbonyl (C=O) groups excluding carboxylic acids is 1. The number of hydrogen-bond donors (Lipinski definition) is 0. The van der Waals surface area contributed by atoms with Crippen LogP contribution in [0.15, 0.2) is 24.3 Å². The second-order valence-corrected chi connectivity index (χ2v) is 11.6. The molecule has 29 heavy (non-hydrogen) atoms. The van der Waals surface area contributed by atoms with Gasteiger partial charge in [-0.05, 0) is 104 Å². The van der Waals surface area contributed by atoms with Gasteiger partial charge < -0.3 is 4.90 Å². The standard InChI is InChI=1S/C26H36ClNO/c1-25-14-12-22-20(9-11-23-26(22,2)15-13-24(29)28(23)3)21(25)10-6-18(25)16-17-4-7-19(27)8-5-17/h4-5,7-8,18,20-23H,6,9-16H2,1-3H3/t18?,20-,21-,22-,23+,25+,26+/m0/s1. The summed E-state index contributed by atoms with van der Waals surface area (Å²) >= 11 is 6.11. The largest absolute Gasteiger partial charge is 0.342 e. The number of amides is 1. The molecule has 4 fully saturated rings. The van der Waals surface area contributed by atoms with Crippen molar-refractivity contribution in [1.82, 2.24) is 4.90 Å². The van der Waals surface area contributed by atoms with Gasteiger partial charge in [0.25, 0.3) is 0 Å². The van der Waals surface area contributed by atoms with Crippen LogP contribution in [0.2, 0.25) is 5.02 Å². The Hall–Kier alpha value is -1.02. The van der Waals surface area contributed by atoms with Gasteiger partial charge in [0.1, 0.15) is 0 Å². The molecule has 3 aliphatic carbocycles. The number of carbonyl (C=O) groups is 1. The molecule has 3 saturated carbocycles. The Morgan fingerprint density at radius 2 is 1.69 bits per heavy atom. The van der Waals surface area contributed by atoms with Crippen molar-refractivity contribution in [2.45, 2.75) is 77.7 Å². The summed E-state index contributed by atoms with van der Waals surface area (Å²) in [6.07, 6.45) is 11.1. The zero-order chi connectivity index (χ0) is 20.4. The summed E-state index contributed by atoms with van der Waals surface area (Å²) in [5, 5.41) is 0.839. The molecule has 1 aliphatic heterocycles. The maximum Gasteiger partial charge on any atom is 0.222 e. The highest BCUT2D eigenvalue weighted by Crippen LogP contribution is 2.66. The fraction of sp³-hybridized carbons (Fsp3) is 0.731. The van der Waals surface area contributed by atoms with E-state index in [1.807, 2.05) is 12.1 Å². The first-order valence-electron chi connectivity index (χ1n) is 11.8. The van der Waals surface area contributed by atoms with Crippen LogP contribution in [0.25, 0.3) is 0 Å². The van der Waals surface area contributed by atoms with Crippen LogP contribution in [-0.4, -0.2) is 23.9 Å². The number of nitrogens with zero attached hydrogens (tertiary/aromatic N) is 1. The molecule has 1 heterocycles. The van der Waals surface area contributed by atoms with Crippen LogP contribution in [0, 0.1) is 34.5 Å². The summed E-state index contributed by atoms with van der Waals surface area (Å²) in [6.45, 7) is 5.15. The minimum atomic E-state index is 0.334. The van der Waals surface area contributed by atoms with Gasteiger partial charge in [0.05, 0.1) is 0 Å². The van der Waals surface area contributed by atoms with Crippen molar-refractivity contribution in [1.29, 1.82) is 0 Å². The van der Waals surface area contributed by atoms with Gasteiger partial charge in [-0.15, -0.1) is 0 Å². The number of likely N-dealkylation sites (tertiary alicyclic amines) is 1. The zero-order valence-corrected chi connectivity index (χ0v) is 19.0. The lowest BCUT2D eigenvalue weighted by Crippen LogP contribution is -2.61. The lowest BCUT2D eigenvalue weighted by molar-refractivity contribution is -0.158. The van der Waals surface area contributed by atoms with E-state index in [-0.39, 0.29) is 0 Å². The zero-order valence-electron chi connectivity index (χ0n) is 18.3. The molecular weight excluding hydrogens is 378 g/mol. The maximum absolute atomic E-state index is 12.3. The molecule has 158 valence electrons. The first kappa shape index (κ1) is 19.9. The summed E-state index contributed by atoms with van der Waals surface area (Å²) in [4.78, 5) is 14.5. The van der Waals surface area contributed by atoms with Crippen molar-refractivity contribution in [2.75, 3.05) is 7.05 Å². The van der Waals surface area contributed by atoms with E-state index < -0.39 is 0 Å². The van der Waals surface area contributed by atoms with Crippen LogP contribution in [0.5, 0.6) is 0 Å². The van der Waals surface area contributed by atoms with E-state index in [1.54, 1.807) is 0 Å². The van der Waals surface area contributed by atoms with E-state index in [0.29, 0.717) is 22.8 Å². The quantitative estimate of drug-likeness (QED) is 0.552. The number of halogens is 1. The lowest BCUT2D eigenvalue weighted by Gasteiger charge is -2.62. The van der Waals surface area contributed by atoms with Crippen molar-refractivity contribution in [3.8, 4) is 0 Å². The molecule has 0 N–H and O–H groups in total. The topological polar surface area (TPSA) is 20.3 Å². The van der Waals surface area contributed by atoms with E-state index in [4.69, 9.17) is 11.6 Å². The number of rotatable bonds is 2. The summed E-state index contributed by atoms with van der Waals surface area (Å²) in [5.41, 5.74) is 2.27. The van der Waals surface area contributed by atoms with Gasteiger partial charge in [-0.3, -0.25) is 4.79 Å². The average Bonchev–Trinajstić information content (AvgIpc) is 3.03. The molecule has 0 bridgehead atoms. The first-order valence-corrected chi connectivity index (χ1v) is 12.2. The van der Waals surface area contributed by atoms with Crippen molar-refractivity contribution in [3.05, 3.63) is 34.9 Å². The van der Waals surface area contributed by atoms with Gasteiger partial charge in [0, 0.05) is 24.5 Å². The molecule has 7 atom stereocenters. The molecule has 2 nitrogen and oxygen atoms in total. The van der Waals surface area contributed by atoms with E-state index in [2.05, 4.69) is 37.9 Å². The number of benzene rings is 1. The smallest absolute Gasteiger partial charge is 0.222 e. The monoisotopic (exact) mass is 413 g/mol. The number of hydrogen-bond acceptors (Lipinski definition) is 1. The fourth-order valence-corrected chi connectivity index (χ4v) is 8.63. The van der Waals surface area contributed by atoms with Gasteiger partial charge in [-0.25, -0.2) is 0 Å². The van der Waals surface area contributed by atoms with E-state index in [0.717, 1.165) is 41.5 Å². The third-order valence-electron chi connectivity index (χ3n) is 10.1. The molecule has 1 aromatic carbocycles. The fourth-order valence-electron chi connectivity index (χ4n) is 8.50. The molecule has 4 aliphatic rings. The molecule has 1 amide bonds. The molecule has 1 unspecified atom stereocenters. The average molecular weight is 414 g/mol. The molecule has 3 heteroatoms. The van der Waals surface area contributed by atoms with Crippen LogP contribution in [-0.2, 0) is 11.2 Å². The minimum Gasteiger partial charge on any atom is -0.342 e. The Labute approximate surface area is 181 Å². The number of piperidine rings is 1. The first-order chi connectivity index (χ1) is 13.8. The van der Waals surface area contributed by atoms with Gasteiger partial charge in [-0.1, -0.05) is 37.6 Å². The van der Waals surface area contributed by atoms with Crippen LogP contribution in [0.1, 0.15) is 70.8 Å². The molecule has 0 aromatic heterocycles. The van der Waals surface area contributed by atoms with Gasteiger partial charge in [-0.2, -0.15) is 0 Å². The van der Waals surface area contributed by atoms with Crippen LogP contribution in [0.4, 0.5) is 0 Å². The second-order valence-electron chi connectivity index (χ2n) is 11.1. The van der Waals surface area contributed by atoms with Gasteiger partial charge in [0.15, 0.2) is 0 Å². The Balaban J connectivity index is 1.37. The second kappa shape index (κ2) is 7.01. The Morgan fingerprint density at radius 1 is 0.966 bits per heavy atom. The van der Waals surface area contributed by atoms with Crippen molar-refractivity contribution < 1.29 is 4.79 Å². The summed E-state index contributed by atoms with van der Waals surface area (Å²) < 4.78 is 0. The minimum absolute atomic E-state index is 0.334. The van der Waals surface area contributed by atoms with Gasteiger partial charge in [0.2, 0.25) is 5.91 Å². The normalized spacial score (nSPS) is 44.2. The lowest BCUT2D eigenvalue weighted by atomic mass is 9.46. The summed E-state index contributed by atoms with van der Waals surface area (Å²) in [6, 6.07) is 9.02. The van der Waals surface area contributed by atoms with Crippen LogP contribution >= 0.6 is 11.6 Å². The highest BCUT2D eigenvalue weighted by atomic mass is 35.5. The van der Waals surface area contributed by atoms with Crippen molar-refractivity contribution >= 4 is 17.5 Å². The van der Waals surface area contributed by atoms with E-state index in [9.17, 15) is 4.79 Å². The SMILES string of the molecule is CN1C(=O)CC[C@]2(C)[C@H]3CC[C@]4(C)C(Cc5ccc(Cl)cc5)CC[C@H]4[C@@H]3CC[C@@H]12. The van der Waals surface area contributed by atoms with Crippen molar-refractivity contribution in [3.63, 3.8) is 0 Å². The van der Waals surface area contributed by atoms with E-state index in [1.165, 1.54) is 50.5 Å². The third kappa shape index (κ3) is 2.99. The predicted octanol–water partition coefficient (Wildman–Crippen LogP) is 6.36. The maximum atomic E-state index is 12.3. The number of fused-ring (bicyclic) bond motifs is 5. The Morgan fingerprint density at radius 3 is 2.45 bits per heavy atom. The molecular formula is C26H36ClNO.